The molecule has 5 rings (SSSR count). The average molecular weight is 545 g/mol. The van der Waals surface area contributed by atoms with Crippen LogP contribution in [0, 0.1) is 0 Å². The Morgan fingerprint density at radius 3 is 2.31 bits per heavy atom. The molecule has 0 radical (unpaired) electrons. The van der Waals surface area contributed by atoms with Crippen LogP contribution in [0.1, 0.15) is 27.8 Å². The predicted molar refractivity (Wildman–Crippen MR) is 151 cm³/mol. The lowest BCUT2D eigenvalue weighted by molar-refractivity contribution is 0.0518. The molecule has 0 saturated carbocycles. The molecule has 200 valence electrons. The van der Waals surface area contributed by atoms with Gasteiger partial charge in [-0.2, -0.15) is 5.10 Å². The number of carbonyl (C=O) groups excluding carboxylic acids is 2. The number of benzene rings is 3. The molecule has 3 aromatic carbocycles. The molecule has 0 N–H and O–H groups in total. The first-order valence-corrected chi connectivity index (χ1v) is 13.2. The molecule has 0 bridgehead atoms. The molecule has 0 spiro atoms. The van der Waals surface area contributed by atoms with E-state index in [9.17, 15) is 9.59 Å². The SMILES string of the molecule is CCOC(=O)c1cc(-c2ccc(N3CCN(C(=O)c4ccccc4OC)CC3)cc2)n(-c2ccccc2Cl)n1. The van der Waals surface area contributed by atoms with Crippen molar-refractivity contribution < 1.29 is 19.1 Å². The van der Waals surface area contributed by atoms with Gasteiger partial charge in [0.05, 0.1) is 35.7 Å². The maximum Gasteiger partial charge on any atom is 0.358 e. The number of piperazine rings is 1. The van der Waals surface area contributed by atoms with E-state index in [0.29, 0.717) is 48.2 Å². The number of nitrogens with zero attached hydrogens (tertiary/aromatic N) is 4. The molecule has 0 unspecified atom stereocenters. The molecule has 1 aliphatic heterocycles. The Morgan fingerprint density at radius 1 is 0.923 bits per heavy atom. The molecule has 1 saturated heterocycles. The van der Waals surface area contributed by atoms with Gasteiger partial charge in [0, 0.05) is 37.4 Å². The second kappa shape index (κ2) is 11.6. The fourth-order valence-electron chi connectivity index (χ4n) is 4.70. The highest BCUT2D eigenvalue weighted by molar-refractivity contribution is 6.32. The minimum Gasteiger partial charge on any atom is -0.496 e. The lowest BCUT2D eigenvalue weighted by atomic mass is 10.1. The van der Waals surface area contributed by atoms with E-state index in [1.165, 1.54) is 0 Å². The topological polar surface area (TPSA) is 76.9 Å². The van der Waals surface area contributed by atoms with Crippen molar-refractivity contribution in [3.63, 3.8) is 0 Å². The highest BCUT2D eigenvalue weighted by atomic mass is 35.5. The van der Waals surface area contributed by atoms with Crippen LogP contribution in [0.4, 0.5) is 5.69 Å². The summed E-state index contributed by atoms with van der Waals surface area (Å²) < 4.78 is 12.2. The maximum absolute atomic E-state index is 13.1. The van der Waals surface area contributed by atoms with E-state index in [-0.39, 0.29) is 18.2 Å². The zero-order valence-corrected chi connectivity index (χ0v) is 22.6. The summed E-state index contributed by atoms with van der Waals surface area (Å²) in [4.78, 5) is 29.6. The molecule has 39 heavy (non-hydrogen) atoms. The van der Waals surface area contributed by atoms with Crippen LogP contribution in [0.15, 0.2) is 78.9 Å². The zero-order valence-electron chi connectivity index (χ0n) is 21.8. The molecular weight excluding hydrogens is 516 g/mol. The summed E-state index contributed by atoms with van der Waals surface area (Å²) in [6.45, 7) is 4.67. The van der Waals surface area contributed by atoms with Crippen LogP contribution in [-0.2, 0) is 4.74 Å². The van der Waals surface area contributed by atoms with E-state index in [0.717, 1.165) is 16.9 Å². The van der Waals surface area contributed by atoms with Gasteiger partial charge in [-0.25, -0.2) is 9.48 Å². The summed E-state index contributed by atoms with van der Waals surface area (Å²) >= 11 is 6.47. The molecular formula is C30H29ClN4O4. The summed E-state index contributed by atoms with van der Waals surface area (Å²) in [5.74, 6) is 0.0806. The Balaban J connectivity index is 1.34. The van der Waals surface area contributed by atoms with Crippen LogP contribution < -0.4 is 9.64 Å². The van der Waals surface area contributed by atoms with Crippen LogP contribution in [0.3, 0.4) is 0 Å². The molecule has 2 heterocycles. The first-order valence-electron chi connectivity index (χ1n) is 12.8. The minimum atomic E-state index is -0.485. The zero-order chi connectivity index (χ0) is 27.4. The van der Waals surface area contributed by atoms with E-state index in [2.05, 4.69) is 10.00 Å². The Hall–Kier alpha value is -4.30. The minimum absolute atomic E-state index is 0.0207. The monoisotopic (exact) mass is 544 g/mol. The van der Waals surface area contributed by atoms with Crippen LogP contribution in [-0.4, -0.2) is 66.5 Å². The van der Waals surface area contributed by atoms with Gasteiger partial charge >= 0.3 is 5.97 Å². The lowest BCUT2D eigenvalue weighted by Crippen LogP contribution is -2.48. The Bertz CT molecular complexity index is 1480. The lowest BCUT2D eigenvalue weighted by Gasteiger charge is -2.36. The third-order valence-corrected chi connectivity index (χ3v) is 7.03. The largest absolute Gasteiger partial charge is 0.496 e. The number of hydrogen-bond donors (Lipinski definition) is 0. The third kappa shape index (κ3) is 5.47. The first kappa shape index (κ1) is 26.3. The average Bonchev–Trinajstić information content (AvgIpc) is 3.43. The Kier molecular flexibility index (Phi) is 7.84. The Labute approximate surface area is 232 Å². The standard InChI is InChI=1S/C30H29ClN4O4/c1-3-39-30(37)25-20-27(35(32-25)26-10-6-5-9-24(26)31)21-12-14-22(15-13-21)33-16-18-34(19-17-33)29(36)23-8-4-7-11-28(23)38-2/h4-15,20H,3,16-19H2,1-2H3. The van der Waals surface area contributed by atoms with Crippen molar-refractivity contribution in [2.45, 2.75) is 6.92 Å². The normalized spacial score (nSPS) is 13.3. The molecule has 4 aromatic rings. The van der Waals surface area contributed by atoms with Crippen LogP contribution >= 0.6 is 11.6 Å². The van der Waals surface area contributed by atoms with E-state index in [4.69, 9.17) is 21.1 Å². The highest BCUT2D eigenvalue weighted by Gasteiger charge is 2.25. The van der Waals surface area contributed by atoms with Gasteiger partial charge < -0.3 is 19.3 Å². The molecule has 1 aromatic heterocycles. The number of rotatable bonds is 7. The van der Waals surface area contributed by atoms with Gasteiger partial charge in [-0.15, -0.1) is 0 Å². The number of esters is 1. The van der Waals surface area contributed by atoms with E-state index in [1.54, 1.807) is 43.0 Å². The molecule has 9 heteroatoms. The number of para-hydroxylation sites is 2. The summed E-state index contributed by atoms with van der Waals surface area (Å²) in [6.07, 6.45) is 0. The first-order chi connectivity index (χ1) is 19.0. The van der Waals surface area contributed by atoms with E-state index in [1.807, 2.05) is 59.5 Å². The number of amides is 1. The summed E-state index contributed by atoms with van der Waals surface area (Å²) in [7, 11) is 1.58. The molecule has 8 nitrogen and oxygen atoms in total. The number of carbonyl (C=O) groups is 2. The third-order valence-electron chi connectivity index (χ3n) is 6.71. The molecule has 0 aliphatic carbocycles. The van der Waals surface area contributed by atoms with Crippen molar-refractivity contribution in [3.05, 3.63) is 95.1 Å². The van der Waals surface area contributed by atoms with Gasteiger partial charge in [0.2, 0.25) is 0 Å². The number of methoxy groups -OCH3 is 1. The molecule has 1 aliphatic rings. The Morgan fingerprint density at radius 2 is 1.62 bits per heavy atom. The van der Waals surface area contributed by atoms with Gasteiger partial charge in [-0.3, -0.25) is 4.79 Å². The van der Waals surface area contributed by atoms with Crippen LogP contribution in [0.25, 0.3) is 16.9 Å². The van der Waals surface area contributed by atoms with Gasteiger partial charge in [-0.1, -0.05) is 48.0 Å². The number of halogens is 1. The van der Waals surface area contributed by atoms with Gasteiger partial charge in [0.25, 0.3) is 5.91 Å². The molecule has 1 amide bonds. The highest BCUT2D eigenvalue weighted by Crippen LogP contribution is 2.30. The quantitative estimate of drug-likeness (QED) is 0.292. The van der Waals surface area contributed by atoms with Crippen molar-refractivity contribution in [1.82, 2.24) is 14.7 Å². The number of anilines is 1. The van der Waals surface area contributed by atoms with E-state index >= 15 is 0 Å². The summed E-state index contributed by atoms with van der Waals surface area (Å²) in [6, 6.07) is 24.5. The van der Waals surface area contributed by atoms with E-state index < -0.39 is 5.97 Å². The number of ether oxygens (including phenoxy) is 2. The maximum atomic E-state index is 13.1. The molecule has 1 fully saturated rings. The van der Waals surface area contributed by atoms with Crippen molar-refractivity contribution in [1.29, 1.82) is 0 Å². The predicted octanol–water partition coefficient (Wildman–Crippen LogP) is 5.34. The second-order valence-electron chi connectivity index (χ2n) is 9.02. The van der Waals surface area contributed by atoms with Gasteiger partial charge in [0.15, 0.2) is 5.69 Å². The van der Waals surface area contributed by atoms with Crippen LogP contribution in [0.2, 0.25) is 5.02 Å². The van der Waals surface area contributed by atoms with Crippen LogP contribution in [0.5, 0.6) is 5.75 Å². The number of aromatic nitrogens is 2. The van der Waals surface area contributed by atoms with Gasteiger partial charge in [-0.05, 0) is 49.4 Å². The molecule has 0 atom stereocenters. The fourth-order valence-corrected chi connectivity index (χ4v) is 4.92. The van der Waals surface area contributed by atoms with Gasteiger partial charge in [0.1, 0.15) is 5.75 Å². The van der Waals surface area contributed by atoms with Crippen molar-refractivity contribution >= 4 is 29.2 Å². The van der Waals surface area contributed by atoms with Crippen molar-refractivity contribution in [2.75, 3.05) is 44.8 Å². The summed E-state index contributed by atoms with van der Waals surface area (Å²) in [5, 5.41) is 5.03. The van der Waals surface area contributed by atoms with Crippen molar-refractivity contribution in [3.8, 4) is 22.7 Å². The summed E-state index contributed by atoms with van der Waals surface area (Å²) in [5.41, 5.74) is 4.13. The number of hydrogen-bond acceptors (Lipinski definition) is 6. The smallest absolute Gasteiger partial charge is 0.358 e. The second-order valence-corrected chi connectivity index (χ2v) is 9.43. The van der Waals surface area contributed by atoms with Crippen molar-refractivity contribution in [2.24, 2.45) is 0 Å². The fraction of sp³-hybridized carbons (Fsp3) is 0.233.